The Morgan fingerprint density at radius 1 is 0.471 bits per heavy atom. The Morgan fingerprint density at radius 2 is 0.814 bits per heavy atom. The summed E-state index contributed by atoms with van der Waals surface area (Å²) in [6.45, 7) is 3.79. The van der Waals surface area contributed by atoms with Crippen LogP contribution in [0.5, 0.6) is 0 Å². The Labute approximate surface area is 432 Å². The molecular weight excluding hydrogens is 875 g/mol. The highest BCUT2D eigenvalue weighted by atomic mass is 16.7. The normalized spacial score (nSPS) is 19.4. The minimum atomic E-state index is -1.57. The van der Waals surface area contributed by atoms with Gasteiger partial charge in [-0.1, -0.05) is 289 Å². The van der Waals surface area contributed by atoms with Gasteiger partial charge in [-0.15, -0.1) is 0 Å². The molecule has 1 amide bonds. The van der Waals surface area contributed by atoms with Crippen molar-refractivity contribution in [2.24, 2.45) is 0 Å². The first kappa shape index (κ1) is 66.7. The van der Waals surface area contributed by atoms with Gasteiger partial charge in [-0.05, 0) is 32.1 Å². The van der Waals surface area contributed by atoms with Crippen molar-refractivity contribution < 1.29 is 39.8 Å². The minimum absolute atomic E-state index is 0.183. The van der Waals surface area contributed by atoms with Gasteiger partial charge in [0.1, 0.15) is 24.4 Å². The second kappa shape index (κ2) is 51.2. The largest absolute Gasteiger partial charge is 0.394 e. The van der Waals surface area contributed by atoms with Gasteiger partial charge in [-0.3, -0.25) is 4.79 Å². The van der Waals surface area contributed by atoms with E-state index in [1.165, 1.54) is 244 Å². The van der Waals surface area contributed by atoms with Crippen molar-refractivity contribution in [1.29, 1.82) is 0 Å². The minimum Gasteiger partial charge on any atom is -0.394 e. The van der Waals surface area contributed by atoms with Gasteiger partial charge >= 0.3 is 0 Å². The highest BCUT2D eigenvalue weighted by molar-refractivity contribution is 5.76. The Bertz CT molecular complexity index is 1150. The maximum Gasteiger partial charge on any atom is 0.220 e. The average molecular weight is 993 g/mol. The Morgan fingerprint density at radius 3 is 1.20 bits per heavy atom. The molecule has 0 bridgehead atoms. The van der Waals surface area contributed by atoms with Crippen LogP contribution in [0.2, 0.25) is 0 Å². The van der Waals surface area contributed by atoms with E-state index >= 15 is 0 Å². The van der Waals surface area contributed by atoms with Gasteiger partial charge in [0.15, 0.2) is 6.29 Å². The quantitative estimate of drug-likeness (QED) is 0.0261. The van der Waals surface area contributed by atoms with Crippen molar-refractivity contribution >= 4 is 5.91 Å². The molecular formula is C61H117NO8. The molecule has 0 aromatic rings. The number of ether oxygens (including phenoxy) is 2. The summed E-state index contributed by atoms with van der Waals surface area (Å²) in [5, 5.41) is 54.5. The molecule has 9 nitrogen and oxygen atoms in total. The maximum atomic E-state index is 13.0. The molecule has 1 fully saturated rings. The molecule has 70 heavy (non-hydrogen) atoms. The second-order valence-corrected chi connectivity index (χ2v) is 21.5. The topological polar surface area (TPSA) is 149 Å². The summed E-state index contributed by atoms with van der Waals surface area (Å²) >= 11 is 0. The number of carbonyl (C=O) groups is 1. The monoisotopic (exact) mass is 992 g/mol. The van der Waals surface area contributed by atoms with Crippen LogP contribution in [0.15, 0.2) is 24.3 Å². The number of allylic oxidation sites excluding steroid dienone is 3. The highest BCUT2D eigenvalue weighted by Gasteiger charge is 2.44. The number of carbonyl (C=O) groups excluding carboxylic acids is 1. The van der Waals surface area contributed by atoms with Crippen molar-refractivity contribution in [2.75, 3.05) is 13.2 Å². The van der Waals surface area contributed by atoms with E-state index in [0.717, 1.165) is 38.5 Å². The SMILES string of the molecule is CCCCCCCCCCCCCCCCCCCCCCCCCCCCC/C=C/CC/C=C/C(O)C(COC1OC(CO)C(O)C(O)C1O)NC(=O)CCCCCCCCCCCCCCCC. The summed E-state index contributed by atoms with van der Waals surface area (Å²) < 4.78 is 11.3. The van der Waals surface area contributed by atoms with Gasteiger partial charge in [0.2, 0.25) is 5.91 Å². The van der Waals surface area contributed by atoms with Crippen molar-refractivity contribution in [3.05, 3.63) is 24.3 Å². The molecule has 1 aliphatic heterocycles. The zero-order valence-corrected chi connectivity index (χ0v) is 46.0. The summed E-state index contributed by atoms with van der Waals surface area (Å²) in [4.78, 5) is 13.0. The molecule has 0 spiro atoms. The molecule has 0 aromatic heterocycles. The zero-order chi connectivity index (χ0) is 50.8. The van der Waals surface area contributed by atoms with Crippen LogP contribution in [0.25, 0.3) is 0 Å². The third-order valence-electron chi connectivity index (χ3n) is 14.8. The van der Waals surface area contributed by atoms with E-state index in [0.29, 0.717) is 6.42 Å². The summed E-state index contributed by atoms with van der Waals surface area (Å²) in [6, 6.07) is -0.818. The number of nitrogens with one attached hydrogen (secondary N) is 1. The van der Waals surface area contributed by atoms with Gasteiger partial charge in [0, 0.05) is 6.42 Å². The van der Waals surface area contributed by atoms with Crippen LogP contribution in [-0.2, 0) is 14.3 Å². The van der Waals surface area contributed by atoms with E-state index in [2.05, 4.69) is 31.3 Å². The lowest BCUT2D eigenvalue weighted by Gasteiger charge is -2.40. The van der Waals surface area contributed by atoms with E-state index in [1.807, 2.05) is 6.08 Å². The molecule has 0 radical (unpaired) electrons. The number of amides is 1. The lowest BCUT2D eigenvalue weighted by molar-refractivity contribution is -0.302. The predicted molar refractivity (Wildman–Crippen MR) is 295 cm³/mol. The molecule has 7 atom stereocenters. The summed E-state index contributed by atoms with van der Waals surface area (Å²) in [6.07, 6.45) is 58.5. The molecule has 1 aliphatic rings. The third-order valence-corrected chi connectivity index (χ3v) is 14.8. The average Bonchev–Trinajstić information content (AvgIpc) is 3.36. The van der Waals surface area contributed by atoms with Crippen LogP contribution in [0, 0.1) is 0 Å². The highest BCUT2D eigenvalue weighted by Crippen LogP contribution is 2.23. The van der Waals surface area contributed by atoms with Crippen LogP contribution in [0.4, 0.5) is 0 Å². The molecule has 1 saturated heterocycles. The van der Waals surface area contributed by atoms with Crippen LogP contribution in [-0.4, -0.2) is 87.5 Å². The third kappa shape index (κ3) is 40.1. The first-order valence-electron chi connectivity index (χ1n) is 30.6. The van der Waals surface area contributed by atoms with E-state index in [9.17, 15) is 30.3 Å². The zero-order valence-electron chi connectivity index (χ0n) is 46.0. The number of aliphatic hydroxyl groups excluding tert-OH is 5. The first-order valence-corrected chi connectivity index (χ1v) is 30.6. The van der Waals surface area contributed by atoms with Crippen LogP contribution in [0.1, 0.15) is 303 Å². The fraction of sp³-hybridized carbons (Fsp3) is 0.918. The first-order chi connectivity index (χ1) is 34.3. The Hall–Kier alpha value is -1.33. The van der Waals surface area contributed by atoms with Gasteiger partial charge in [0.25, 0.3) is 0 Å². The maximum absolute atomic E-state index is 13.0. The molecule has 6 N–H and O–H groups in total. The van der Waals surface area contributed by atoms with E-state index in [4.69, 9.17) is 9.47 Å². The second-order valence-electron chi connectivity index (χ2n) is 21.5. The van der Waals surface area contributed by atoms with Gasteiger partial charge in [0.05, 0.1) is 25.4 Å². The summed E-state index contributed by atoms with van der Waals surface area (Å²) in [7, 11) is 0. The fourth-order valence-electron chi connectivity index (χ4n) is 9.94. The van der Waals surface area contributed by atoms with Crippen molar-refractivity contribution in [3.63, 3.8) is 0 Å². The standard InChI is InChI=1S/C61H117NO8/c1-3-5-7-9-11-13-15-17-19-20-21-22-23-24-25-26-27-28-29-30-31-32-33-34-35-36-37-38-40-42-44-46-48-50-55(64)54(53-69-61-60(68)59(67)58(66)56(52-63)70-61)62-57(65)51-49-47-45-43-41-39-18-16-14-12-10-8-6-4-2/h40,42,48,50,54-56,58-61,63-64,66-68H,3-39,41,43-47,49,51-53H2,1-2H3,(H,62,65)/b42-40+,50-48+. The number of unbranched alkanes of at least 4 members (excludes halogenated alkanes) is 41. The number of hydrogen-bond donors (Lipinski definition) is 6. The van der Waals surface area contributed by atoms with Gasteiger partial charge < -0.3 is 40.3 Å². The lowest BCUT2D eigenvalue weighted by atomic mass is 9.99. The Balaban J connectivity index is 2.14. The van der Waals surface area contributed by atoms with E-state index < -0.39 is 49.5 Å². The molecule has 414 valence electrons. The molecule has 0 aromatic carbocycles. The Kier molecular flexibility index (Phi) is 48.7. The van der Waals surface area contributed by atoms with Gasteiger partial charge in [-0.25, -0.2) is 0 Å². The molecule has 9 heteroatoms. The van der Waals surface area contributed by atoms with Crippen molar-refractivity contribution in [2.45, 2.75) is 346 Å². The number of hydrogen-bond acceptors (Lipinski definition) is 8. The molecule has 1 rings (SSSR count). The molecule has 1 heterocycles. The molecule has 0 aliphatic carbocycles. The lowest BCUT2D eigenvalue weighted by Crippen LogP contribution is -2.60. The van der Waals surface area contributed by atoms with Gasteiger partial charge in [-0.2, -0.15) is 0 Å². The van der Waals surface area contributed by atoms with Crippen LogP contribution < -0.4 is 5.32 Å². The number of rotatable bonds is 53. The fourth-order valence-corrected chi connectivity index (χ4v) is 9.94. The van der Waals surface area contributed by atoms with Crippen molar-refractivity contribution in [1.82, 2.24) is 5.32 Å². The molecule has 0 saturated carbocycles. The summed E-state index contributed by atoms with van der Waals surface area (Å²) in [5.74, 6) is -0.183. The van der Waals surface area contributed by atoms with Crippen LogP contribution in [0.3, 0.4) is 0 Å². The smallest absolute Gasteiger partial charge is 0.220 e. The van der Waals surface area contributed by atoms with Crippen molar-refractivity contribution in [3.8, 4) is 0 Å². The molecule has 7 unspecified atom stereocenters. The number of aliphatic hydroxyl groups is 5. The summed E-state index contributed by atoms with van der Waals surface area (Å²) in [5.41, 5.74) is 0. The predicted octanol–water partition coefficient (Wildman–Crippen LogP) is 15.4. The van der Waals surface area contributed by atoms with Crippen LogP contribution >= 0.6 is 0 Å². The van der Waals surface area contributed by atoms with E-state index in [1.54, 1.807) is 6.08 Å². The van der Waals surface area contributed by atoms with E-state index in [-0.39, 0.29) is 12.5 Å².